The van der Waals surface area contributed by atoms with E-state index in [-0.39, 0.29) is 29.7 Å². The molecule has 222 valence electrons. The highest BCUT2D eigenvalue weighted by atomic mass is 16.3. The first-order valence-corrected chi connectivity index (χ1v) is 13.6. The molecule has 0 radical (unpaired) electrons. The van der Waals surface area contributed by atoms with Gasteiger partial charge in [0.05, 0.1) is 11.6 Å². The lowest BCUT2D eigenvalue weighted by Crippen LogP contribution is -2.65. The topological polar surface area (TPSA) is 168 Å². The standard InChI is InChI=1S/C31H36N4O7/c1-33(2)16-9-7-8-14(10-16)17-13-20(34(3)4)18-11-15-12-19-24(35(5)6)27(38)23(30(32)41)29(40)31(19,42)28(39)21(15)26(37)22(18)25(17)36/h7-10,13,15,19,24,36-37,40,42H,11-12H2,1-6H3,(H2,32,41)/t15-,19-,24+,31-/m0/s1. The molecule has 0 saturated heterocycles. The molecule has 11 heteroatoms. The van der Waals surface area contributed by atoms with Gasteiger partial charge in [0, 0.05) is 56.6 Å². The van der Waals surface area contributed by atoms with Crippen molar-refractivity contribution in [2.24, 2.45) is 17.6 Å². The van der Waals surface area contributed by atoms with Gasteiger partial charge in [-0.25, -0.2) is 0 Å². The third kappa shape index (κ3) is 3.98. The Hall–Kier alpha value is -4.35. The van der Waals surface area contributed by atoms with E-state index < -0.39 is 58.0 Å². The number of ketones is 2. The van der Waals surface area contributed by atoms with Crippen molar-refractivity contribution in [3.05, 3.63) is 58.4 Å². The van der Waals surface area contributed by atoms with E-state index >= 15 is 0 Å². The van der Waals surface area contributed by atoms with E-state index in [1.54, 1.807) is 14.1 Å². The Bertz CT molecular complexity index is 1610. The number of likely N-dealkylation sites (N-methyl/N-ethyl adjacent to an activating group) is 1. The second-order valence-electron chi connectivity index (χ2n) is 11.9. The quantitative estimate of drug-likeness (QED) is 0.331. The minimum Gasteiger partial charge on any atom is -0.508 e. The normalized spacial score (nSPS) is 25.3. The molecule has 0 spiro atoms. The maximum Gasteiger partial charge on any atom is 0.255 e. The number of benzene rings is 2. The Labute approximate surface area is 243 Å². The lowest BCUT2D eigenvalue weighted by molar-refractivity contribution is -0.153. The predicted octanol–water partition coefficient (Wildman–Crippen LogP) is 1.76. The molecule has 0 unspecified atom stereocenters. The number of aliphatic hydroxyl groups is 3. The van der Waals surface area contributed by atoms with Crippen molar-refractivity contribution < 1.29 is 34.8 Å². The van der Waals surface area contributed by atoms with Crippen LogP contribution in [0.2, 0.25) is 0 Å². The van der Waals surface area contributed by atoms with Gasteiger partial charge in [0.1, 0.15) is 22.8 Å². The van der Waals surface area contributed by atoms with E-state index in [0.29, 0.717) is 16.7 Å². The molecule has 0 aliphatic heterocycles. The van der Waals surface area contributed by atoms with Crippen molar-refractivity contribution in [1.82, 2.24) is 4.90 Å². The minimum absolute atomic E-state index is 0.0338. The van der Waals surface area contributed by atoms with Crippen LogP contribution in [0, 0.1) is 11.8 Å². The molecule has 0 aromatic heterocycles. The van der Waals surface area contributed by atoms with Gasteiger partial charge in [0.15, 0.2) is 11.4 Å². The lowest BCUT2D eigenvalue weighted by atomic mass is 9.57. The largest absolute Gasteiger partial charge is 0.508 e. The van der Waals surface area contributed by atoms with E-state index in [2.05, 4.69) is 0 Å². The Morgan fingerprint density at radius 3 is 2.24 bits per heavy atom. The van der Waals surface area contributed by atoms with Crippen LogP contribution >= 0.6 is 0 Å². The van der Waals surface area contributed by atoms with Gasteiger partial charge in [-0.2, -0.15) is 0 Å². The van der Waals surface area contributed by atoms with Crippen molar-refractivity contribution >= 4 is 34.6 Å². The summed E-state index contributed by atoms with van der Waals surface area (Å²) in [6.45, 7) is 0. The average molecular weight is 577 g/mol. The molecule has 1 fully saturated rings. The number of hydrogen-bond donors (Lipinski definition) is 5. The van der Waals surface area contributed by atoms with Crippen LogP contribution in [-0.4, -0.2) is 96.7 Å². The summed E-state index contributed by atoms with van der Waals surface area (Å²) in [7, 11) is 10.6. The van der Waals surface area contributed by atoms with Crippen molar-refractivity contribution in [1.29, 1.82) is 0 Å². The number of carbonyl (C=O) groups excluding carboxylic acids is 3. The second-order valence-corrected chi connectivity index (χ2v) is 11.9. The number of rotatable bonds is 5. The highest BCUT2D eigenvalue weighted by molar-refractivity contribution is 6.24. The molecule has 3 aliphatic rings. The first-order chi connectivity index (χ1) is 19.6. The molecule has 3 aliphatic carbocycles. The molecule has 2 aromatic carbocycles. The van der Waals surface area contributed by atoms with Crippen LogP contribution in [0.1, 0.15) is 17.5 Å². The zero-order chi connectivity index (χ0) is 31.0. The number of aliphatic hydroxyl groups excluding tert-OH is 2. The highest BCUT2D eigenvalue weighted by Gasteiger charge is 2.64. The number of phenols is 1. The van der Waals surface area contributed by atoms with Gasteiger partial charge in [-0.3, -0.25) is 19.3 Å². The minimum atomic E-state index is -2.68. The third-order valence-corrected chi connectivity index (χ3v) is 8.85. The number of carbonyl (C=O) groups is 3. The van der Waals surface area contributed by atoms with Gasteiger partial charge in [-0.1, -0.05) is 12.1 Å². The monoisotopic (exact) mass is 576 g/mol. The smallest absolute Gasteiger partial charge is 0.255 e. The van der Waals surface area contributed by atoms with E-state index in [1.807, 2.05) is 68.3 Å². The van der Waals surface area contributed by atoms with Crippen LogP contribution in [0.15, 0.2) is 47.2 Å². The van der Waals surface area contributed by atoms with Gasteiger partial charge < -0.3 is 36.0 Å². The fourth-order valence-corrected chi connectivity index (χ4v) is 6.86. The van der Waals surface area contributed by atoms with Crippen LogP contribution in [-0.2, 0) is 20.8 Å². The Morgan fingerprint density at radius 2 is 1.67 bits per heavy atom. The Kier molecular flexibility index (Phi) is 6.86. The SMILES string of the molecule is CN(C)c1cccc(-c2cc(N(C)C)c3c(c2O)C(O)=C2C(=O)[C@]4(O)C(O)=C(C(N)=O)C(=O)[C@H](N(C)C)[C@@H]4C[C@@H]2C3)c1. The van der Waals surface area contributed by atoms with Crippen LogP contribution in [0.25, 0.3) is 16.9 Å². The van der Waals surface area contributed by atoms with E-state index in [1.165, 1.54) is 4.90 Å². The summed E-state index contributed by atoms with van der Waals surface area (Å²) in [5, 5.41) is 46.2. The number of amides is 1. The molecule has 5 rings (SSSR count). The van der Waals surface area contributed by atoms with Gasteiger partial charge in [-0.15, -0.1) is 0 Å². The number of Topliss-reactive ketones (excluding diaryl/α,β-unsaturated/α-hetero) is 2. The van der Waals surface area contributed by atoms with Crippen LogP contribution < -0.4 is 15.5 Å². The van der Waals surface area contributed by atoms with Crippen molar-refractivity contribution in [3.63, 3.8) is 0 Å². The summed E-state index contributed by atoms with van der Waals surface area (Å²) < 4.78 is 0. The number of nitrogens with two attached hydrogens (primary N) is 1. The molecular weight excluding hydrogens is 540 g/mol. The Morgan fingerprint density at radius 1 is 1.00 bits per heavy atom. The van der Waals surface area contributed by atoms with Crippen molar-refractivity contribution in [2.75, 3.05) is 52.1 Å². The Balaban J connectivity index is 1.77. The van der Waals surface area contributed by atoms with Gasteiger partial charge >= 0.3 is 0 Å². The summed E-state index contributed by atoms with van der Waals surface area (Å²) in [6, 6.07) is 8.20. The first-order valence-electron chi connectivity index (χ1n) is 13.6. The molecule has 4 atom stereocenters. The van der Waals surface area contributed by atoms with E-state index in [0.717, 1.165) is 11.4 Å². The fourth-order valence-electron chi connectivity index (χ4n) is 6.86. The molecular formula is C31H36N4O7. The number of fused-ring (bicyclic) bond motifs is 3. The number of anilines is 2. The van der Waals surface area contributed by atoms with E-state index in [9.17, 15) is 34.8 Å². The second kappa shape index (κ2) is 9.88. The number of phenolic OH excluding ortho intramolecular Hbond substituents is 1. The summed E-state index contributed by atoms with van der Waals surface area (Å²) in [4.78, 5) is 44.9. The predicted molar refractivity (Wildman–Crippen MR) is 158 cm³/mol. The summed E-state index contributed by atoms with van der Waals surface area (Å²) in [6.07, 6.45) is 0.250. The molecule has 0 bridgehead atoms. The summed E-state index contributed by atoms with van der Waals surface area (Å²) >= 11 is 0. The van der Waals surface area contributed by atoms with Crippen LogP contribution in [0.5, 0.6) is 5.75 Å². The van der Waals surface area contributed by atoms with E-state index in [4.69, 9.17) is 5.73 Å². The number of aromatic hydroxyl groups is 1. The van der Waals surface area contributed by atoms with Crippen LogP contribution in [0.3, 0.4) is 0 Å². The maximum absolute atomic E-state index is 14.2. The lowest BCUT2D eigenvalue weighted by Gasteiger charge is -2.50. The molecule has 0 heterocycles. The average Bonchev–Trinajstić information content (AvgIpc) is 2.90. The number of hydrogen-bond acceptors (Lipinski definition) is 10. The first kappa shape index (κ1) is 29.2. The zero-order valence-corrected chi connectivity index (χ0v) is 24.5. The molecule has 1 saturated carbocycles. The molecule has 6 N–H and O–H groups in total. The zero-order valence-electron chi connectivity index (χ0n) is 24.5. The van der Waals surface area contributed by atoms with Gasteiger partial charge in [0.25, 0.3) is 5.91 Å². The molecule has 11 nitrogen and oxygen atoms in total. The molecule has 42 heavy (non-hydrogen) atoms. The molecule has 1 amide bonds. The number of nitrogens with zero attached hydrogens (tertiary/aromatic N) is 3. The summed E-state index contributed by atoms with van der Waals surface area (Å²) in [5.41, 5.74) is 5.10. The highest BCUT2D eigenvalue weighted by Crippen LogP contribution is 2.55. The maximum atomic E-state index is 14.2. The third-order valence-electron chi connectivity index (χ3n) is 8.85. The summed E-state index contributed by atoms with van der Waals surface area (Å²) in [5.74, 6) is -6.71. The van der Waals surface area contributed by atoms with Crippen LogP contribution in [0.4, 0.5) is 11.4 Å². The molecule has 2 aromatic rings. The fraction of sp³-hybridized carbons (Fsp3) is 0.387. The van der Waals surface area contributed by atoms with Gasteiger partial charge in [-0.05, 0) is 62.2 Å². The van der Waals surface area contributed by atoms with Crippen molar-refractivity contribution in [3.8, 4) is 16.9 Å². The van der Waals surface area contributed by atoms with Crippen molar-refractivity contribution in [2.45, 2.75) is 24.5 Å². The number of primary amides is 1. The van der Waals surface area contributed by atoms with Gasteiger partial charge in [0.2, 0.25) is 5.78 Å².